The standard InChI is InChI=1S/C55H41N3O/c56-33-39-11-6-15-46-44(13-7-14-45(39)46)36-19-23-40(24-20-36)55(42-28-34-27-35(30-42)31-43(55)29-34)41-25-21-38(22-26-41)50-32-49(37-9-2-1-3-10-37)57-54(58-50)48-16-8-18-52-53(48)47-12-4-5-17-51(47)59-52/h1-26,32,34-35,42-43H,27-31H2. The molecule has 0 saturated heterocycles. The van der Waals surface area contributed by atoms with Crippen molar-refractivity contribution >= 4 is 32.7 Å². The van der Waals surface area contributed by atoms with Gasteiger partial charge < -0.3 is 4.42 Å². The zero-order chi connectivity index (χ0) is 39.1. The monoisotopic (exact) mass is 759 g/mol. The van der Waals surface area contributed by atoms with Gasteiger partial charge in [-0.25, -0.2) is 9.97 Å². The second-order valence-corrected chi connectivity index (χ2v) is 17.3. The first kappa shape index (κ1) is 34.2. The summed E-state index contributed by atoms with van der Waals surface area (Å²) in [4.78, 5) is 10.5. The van der Waals surface area contributed by atoms with Crippen molar-refractivity contribution in [2.75, 3.05) is 0 Å². The van der Waals surface area contributed by atoms with Crippen molar-refractivity contribution in [3.63, 3.8) is 0 Å². The van der Waals surface area contributed by atoms with Crippen LogP contribution < -0.4 is 0 Å². The Kier molecular flexibility index (Phi) is 7.75. The first-order chi connectivity index (χ1) is 29.1. The zero-order valence-electron chi connectivity index (χ0n) is 32.7. The first-order valence-electron chi connectivity index (χ1n) is 21.1. The highest BCUT2D eigenvalue weighted by Crippen LogP contribution is 2.65. The van der Waals surface area contributed by atoms with Crippen molar-refractivity contribution in [1.29, 1.82) is 5.26 Å². The Balaban J connectivity index is 0.978. The Bertz CT molecular complexity index is 3090. The fourth-order valence-corrected chi connectivity index (χ4v) is 12.0. The molecule has 0 amide bonds. The van der Waals surface area contributed by atoms with Crippen LogP contribution in [-0.4, -0.2) is 9.97 Å². The molecule has 0 aliphatic heterocycles. The molecule has 2 aromatic heterocycles. The minimum atomic E-state index is -0.0404. The van der Waals surface area contributed by atoms with Crippen LogP contribution in [0.25, 0.3) is 77.7 Å². The fraction of sp³-hybridized carbons (Fsp3) is 0.182. The van der Waals surface area contributed by atoms with E-state index >= 15 is 0 Å². The molecule has 4 aliphatic carbocycles. The summed E-state index contributed by atoms with van der Waals surface area (Å²) >= 11 is 0. The molecule has 13 rings (SSSR count). The zero-order valence-corrected chi connectivity index (χ0v) is 32.7. The Hall–Kier alpha value is -6.83. The SMILES string of the molecule is N#Cc1cccc2c(-c3ccc(C4(c5ccc(-c6cc(-c7ccccc7)nc(-c7cccc8oc9ccccc9c78)n6)cc5)C5CC6CC(C5)CC4C6)cc3)cccc12. The van der Waals surface area contributed by atoms with Gasteiger partial charge in [0.2, 0.25) is 0 Å². The number of para-hydroxylation sites is 1. The molecule has 0 radical (unpaired) electrons. The second kappa shape index (κ2) is 13.4. The van der Waals surface area contributed by atoms with Crippen LogP contribution in [0.5, 0.6) is 0 Å². The van der Waals surface area contributed by atoms with Gasteiger partial charge in [-0.1, -0.05) is 140 Å². The molecule has 4 bridgehead atoms. The second-order valence-electron chi connectivity index (χ2n) is 17.3. The van der Waals surface area contributed by atoms with Crippen molar-refractivity contribution < 1.29 is 4.42 Å². The maximum absolute atomic E-state index is 9.82. The van der Waals surface area contributed by atoms with E-state index in [0.29, 0.717) is 17.7 Å². The van der Waals surface area contributed by atoms with Crippen molar-refractivity contribution in [2.45, 2.75) is 37.5 Å². The summed E-state index contributed by atoms with van der Waals surface area (Å²) in [6.45, 7) is 0. The third-order valence-corrected chi connectivity index (χ3v) is 14.2. The Labute approximate surface area is 343 Å². The predicted octanol–water partition coefficient (Wildman–Crippen LogP) is 13.8. The lowest BCUT2D eigenvalue weighted by Crippen LogP contribution is -2.56. The molecule has 0 spiro atoms. The number of furan rings is 1. The number of nitrogens with zero attached hydrogens (tertiary/aromatic N) is 3. The molecule has 4 fully saturated rings. The van der Waals surface area contributed by atoms with Crippen molar-refractivity contribution in [3.8, 4) is 51.1 Å². The van der Waals surface area contributed by atoms with Crippen LogP contribution in [0.1, 0.15) is 48.8 Å². The molecule has 4 saturated carbocycles. The van der Waals surface area contributed by atoms with Gasteiger partial charge in [0, 0.05) is 38.3 Å². The molecule has 0 unspecified atom stereocenters. The largest absolute Gasteiger partial charge is 0.456 e. The molecule has 4 nitrogen and oxygen atoms in total. The maximum Gasteiger partial charge on any atom is 0.161 e. The number of fused-ring (bicyclic) bond motifs is 4. The summed E-state index contributed by atoms with van der Waals surface area (Å²) in [6, 6.07) is 60.8. The Morgan fingerprint density at radius 1 is 0.492 bits per heavy atom. The van der Waals surface area contributed by atoms with Gasteiger partial charge in [-0.15, -0.1) is 0 Å². The molecular formula is C55H41N3O. The molecule has 2 heterocycles. The highest BCUT2D eigenvalue weighted by atomic mass is 16.3. The average Bonchev–Trinajstić information content (AvgIpc) is 3.68. The van der Waals surface area contributed by atoms with Gasteiger partial charge in [-0.05, 0) is 108 Å². The van der Waals surface area contributed by atoms with Gasteiger partial charge in [-0.3, -0.25) is 0 Å². The van der Waals surface area contributed by atoms with Gasteiger partial charge in [0.1, 0.15) is 11.2 Å². The number of benzene rings is 7. The highest BCUT2D eigenvalue weighted by Gasteiger charge is 2.58. The molecule has 282 valence electrons. The minimum Gasteiger partial charge on any atom is -0.456 e. The van der Waals surface area contributed by atoms with Crippen LogP contribution >= 0.6 is 0 Å². The molecule has 4 aliphatic rings. The van der Waals surface area contributed by atoms with Crippen molar-refractivity contribution in [3.05, 3.63) is 180 Å². The summed E-state index contributed by atoms with van der Waals surface area (Å²) in [5.74, 6) is 3.62. The van der Waals surface area contributed by atoms with E-state index in [1.54, 1.807) is 0 Å². The van der Waals surface area contributed by atoms with E-state index in [1.165, 1.54) is 54.4 Å². The number of hydrogen-bond acceptors (Lipinski definition) is 4. The van der Waals surface area contributed by atoms with Crippen molar-refractivity contribution in [1.82, 2.24) is 9.97 Å². The summed E-state index contributed by atoms with van der Waals surface area (Å²) in [6.07, 6.45) is 6.64. The van der Waals surface area contributed by atoms with Crippen LogP contribution in [0.15, 0.2) is 168 Å². The molecule has 4 heteroatoms. The van der Waals surface area contributed by atoms with E-state index in [4.69, 9.17) is 14.4 Å². The molecule has 7 aromatic carbocycles. The summed E-state index contributed by atoms with van der Waals surface area (Å²) < 4.78 is 6.29. The fourth-order valence-electron chi connectivity index (χ4n) is 12.0. The Morgan fingerprint density at radius 3 is 1.76 bits per heavy atom. The number of rotatable bonds is 6. The lowest BCUT2D eigenvalue weighted by Gasteiger charge is -2.62. The average molecular weight is 760 g/mol. The molecular weight excluding hydrogens is 719 g/mol. The first-order valence-corrected chi connectivity index (χ1v) is 21.1. The molecule has 0 atom stereocenters. The summed E-state index contributed by atoms with van der Waals surface area (Å²) in [5, 5.41) is 14.1. The van der Waals surface area contributed by atoms with E-state index in [-0.39, 0.29) is 5.41 Å². The van der Waals surface area contributed by atoms with Crippen LogP contribution in [0.2, 0.25) is 0 Å². The molecule has 59 heavy (non-hydrogen) atoms. The van der Waals surface area contributed by atoms with E-state index in [1.807, 2.05) is 42.5 Å². The van der Waals surface area contributed by atoms with E-state index in [9.17, 15) is 5.26 Å². The third kappa shape index (κ3) is 5.34. The van der Waals surface area contributed by atoms with Crippen LogP contribution in [0.3, 0.4) is 0 Å². The highest BCUT2D eigenvalue weighted by molar-refractivity contribution is 6.11. The van der Waals surface area contributed by atoms with Gasteiger partial charge in [0.15, 0.2) is 5.82 Å². The van der Waals surface area contributed by atoms with Crippen LogP contribution in [-0.2, 0) is 5.41 Å². The van der Waals surface area contributed by atoms with Gasteiger partial charge in [-0.2, -0.15) is 5.26 Å². The lowest BCUT2D eigenvalue weighted by atomic mass is 9.42. The topological polar surface area (TPSA) is 62.7 Å². The predicted molar refractivity (Wildman–Crippen MR) is 238 cm³/mol. The lowest BCUT2D eigenvalue weighted by molar-refractivity contribution is -0.0418. The maximum atomic E-state index is 9.82. The minimum absolute atomic E-state index is 0.0404. The number of nitriles is 1. The number of hydrogen-bond donors (Lipinski definition) is 0. The summed E-state index contributed by atoms with van der Waals surface area (Å²) in [5.41, 5.74) is 12.5. The van der Waals surface area contributed by atoms with E-state index in [0.717, 1.165) is 78.2 Å². The van der Waals surface area contributed by atoms with Crippen LogP contribution in [0.4, 0.5) is 0 Å². The van der Waals surface area contributed by atoms with E-state index in [2.05, 4.69) is 127 Å². The number of aromatic nitrogens is 2. The van der Waals surface area contributed by atoms with Gasteiger partial charge in [0.25, 0.3) is 0 Å². The van der Waals surface area contributed by atoms with Gasteiger partial charge in [0.05, 0.1) is 23.0 Å². The van der Waals surface area contributed by atoms with Crippen LogP contribution in [0, 0.1) is 35.0 Å². The van der Waals surface area contributed by atoms with Gasteiger partial charge >= 0.3 is 0 Å². The quantitative estimate of drug-likeness (QED) is 0.169. The Morgan fingerprint density at radius 2 is 1.05 bits per heavy atom. The smallest absolute Gasteiger partial charge is 0.161 e. The van der Waals surface area contributed by atoms with E-state index < -0.39 is 0 Å². The molecule has 9 aromatic rings. The molecule has 0 N–H and O–H groups in total. The third-order valence-electron chi connectivity index (χ3n) is 14.2. The summed E-state index contributed by atoms with van der Waals surface area (Å²) in [7, 11) is 0. The normalized spacial score (nSPS) is 21.9. The van der Waals surface area contributed by atoms with Crippen molar-refractivity contribution in [2.24, 2.45) is 23.7 Å².